The molecule has 0 unspecified atom stereocenters. The number of benzene rings is 2. The SMILES string of the molecule is COc1cc(NC(=O)COC(=O)COc2ccccc2C(C)C)c(C)cc1[N+](=O)[O-]. The number of carbonyl (C=O) groups is 2. The topological polar surface area (TPSA) is 117 Å². The second-order valence-corrected chi connectivity index (χ2v) is 6.79. The Labute approximate surface area is 174 Å². The summed E-state index contributed by atoms with van der Waals surface area (Å²) in [7, 11) is 1.29. The van der Waals surface area contributed by atoms with Gasteiger partial charge in [0.25, 0.3) is 5.91 Å². The molecule has 0 aliphatic carbocycles. The van der Waals surface area contributed by atoms with Gasteiger partial charge in [0.15, 0.2) is 19.0 Å². The first-order valence-electron chi connectivity index (χ1n) is 9.23. The van der Waals surface area contributed by atoms with Crippen LogP contribution in [0.2, 0.25) is 0 Å². The molecule has 0 aliphatic rings. The molecule has 2 aromatic rings. The van der Waals surface area contributed by atoms with Crippen LogP contribution in [-0.2, 0) is 14.3 Å². The number of methoxy groups -OCH3 is 1. The lowest BCUT2D eigenvalue weighted by Gasteiger charge is -2.13. The Kier molecular flexibility index (Phi) is 7.74. The number of nitro benzene ring substituents is 1. The average Bonchev–Trinajstić information content (AvgIpc) is 2.71. The molecule has 0 heterocycles. The molecule has 0 saturated heterocycles. The van der Waals surface area contributed by atoms with E-state index >= 15 is 0 Å². The summed E-state index contributed by atoms with van der Waals surface area (Å²) >= 11 is 0. The van der Waals surface area contributed by atoms with Gasteiger partial charge in [-0.15, -0.1) is 0 Å². The number of rotatable bonds is 9. The molecule has 2 rings (SSSR count). The summed E-state index contributed by atoms with van der Waals surface area (Å²) in [4.78, 5) is 34.5. The van der Waals surface area contributed by atoms with Crippen molar-refractivity contribution in [1.29, 1.82) is 0 Å². The van der Waals surface area contributed by atoms with Crippen LogP contribution in [0.3, 0.4) is 0 Å². The van der Waals surface area contributed by atoms with Crippen molar-refractivity contribution in [1.82, 2.24) is 0 Å². The molecule has 9 nitrogen and oxygen atoms in total. The molecule has 0 spiro atoms. The molecule has 2 aromatic carbocycles. The van der Waals surface area contributed by atoms with Crippen LogP contribution in [0.4, 0.5) is 11.4 Å². The minimum Gasteiger partial charge on any atom is -0.490 e. The van der Waals surface area contributed by atoms with Crippen molar-refractivity contribution >= 4 is 23.3 Å². The second kappa shape index (κ2) is 10.2. The molecule has 0 radical (unpaired) electrons. The Morgan fingerprint density at radius 1 is 1.13 bits per heavy atom. The number of hydrogen-bond donors (Lipinski definition) is 1. The van der Waals surface area contributed by atoms with Crippen LogP contribution in [0, 0.1) is 17.0 Å². The van der Waals surface area contributed by atoms with Crippen LogP contribution in [0.15, 0.2) is 36.4 Å². The number of anilines is 1. The summed E-state index contributed by atoms with van der Waals surface area (Å²) in [6.45, 7) is 4.78. The Morgan fingerprint density at radius 3 is 2.47 bits per heavy atom. The molecular formula is C21H24N2O7. The van der Waals surface area contributed by atoms with E-state index in [-0.39, 0.29) is 24.0 Å². The molecule has 0 aliphatic heterocycles. The van der Waals surface area contributed by atoms with E-state index in [0.29, 0.717) is 17.0 Å². The quantitative estimate of drug-likeness (QED) is 0.377. The molecule has 0 aromatic heterocycles. The van der Waals surface area contributed by atoms with Crippen molar-refractivity contribution in [3.8, 4) is 11.5 Å². The van der Waals surface area contributed by atoms with Crippen molar-refractivity contribution in [3.63, 3.8) is 0 Å². The predicted octanol–water partition coefficient (Wildman–Crippen LogP) is 3.60. The Morgan fingerprint density at radius 2 is 1.83 bits per heavy atom. The Hall–Kier alpha value is -3.62. The van der Waals surface area contributed by atoms with E-state index < -0.39 is 23.4 Å². The summed E-state index contributed by atoms with van der Waals surface area (Å²) in [5, 5.41) is 13.6. The molecule has 0 atom stereocenters. The van der Waals surface area contributed by atoms with Crippen molar-refractivity contribution in [2.45, 2.75) is 26.7 Å². The van der Waals surface area contributed by atoms with E-state index in [1.54, 1.807) is 19.1 Å². The van der Waals surface area contributed by atoms with Gasteiger partial charge < -0.3 is 19.5 Å². The van der Waals surface area contributed by atoms with Crippen LogP contribution in [0.1, 0.15) is 30.9 Å². The summed E-state index contributed by atoms with van der Waals surface area (Å²) in [5.41, 5.74) is 1.54. The summed E-state index contributed by atoms with van der Waals surface area (Å²) in [6, 6.07) is 10.0. The third-order valence-electron chi connectivity index (χ3n) is 4.25. The van der Waals surface area contributed by atoms with E-state index in [1.165, 1.54) is 19.2 Å². The van der Waals surface area contributed by atoms with Crippen LogP contribution >= 0.6 is 0 Å². The fourth-order valence-electron chi connectivity index (χ4n) is 2.71. The molecule has 30 heavy (non-hydrogen) atoms. The van der Waals surface area contributed by atoms with Gasteiger partial charge in [-0.05, 0) is 30.0 Å². The Balaban J connectivity index is 1.91. The lowest BCUT2D eigenvalue weighted by Crippen LogP contribution is -2.24. The van der Waals surface area contributed by atoms with E-state index in [9.17, 15) is 19.7 Å². The Bertz CT molecular complexity index is 941. The second-order valence-electron chi connectivity index (χ2n) is 6.79. The van der Waals surface area contributed by atoms with E-state index in [1.807, 2.05) is 26.0 Å². The monoisotopic (exact) mass is 416 g/mol. The van der Waals surface area contributed by atoms with Crippen molar-refractivity contribution in [2.24, 2.45) is 0 Å². The zero-order valence-corrected chi connectivity index (χ0v) is 17.3. The zero-order valence-electron chi connectivity index (χ0n) is 17.3. The van der Waals surface area contributed by atoms with Crippen LogP contribution in [0.5, 0.6) is 11.5 Å². The summed E-state index contributed by atoms with van der Waals surface area (Å²) in [5.74, 6) is -0.464. The van der Waals surface area contributed by atoms with Gasteiger partial charge in [-0.1, -0.05) is 32.0 Å². The average molecular weight is 416 g/mol. The van der Waals surface area contributed by atoms with E-state index in [4.69, 9.17) is 14.2 Å². The number of ether oxygens (including phenoxy) is 3. The fourth-order valence-corrected chi connectivity index (χ4v) is 2.71. The molecule has 160 valence electrons. The first-order valence-corrected chi connectivity index (χ1v) is 9.23. The minimum absolute atomic E-state index is 0.00936. The molecule has 9 heteroatoms. The maximum Gasteiger partial charge on any atom is 0.344 e. The number of hydrogen-bond acceptors (Lipinski definition) is 7. The van der Waals surface area contributed by atoms with Gasteiger partial charge in [0, 0.05) is 17.8 Å². The smallest absolute Gasteiger partial charge is 0.344 e. The van der Waals surface area contributed by atoms with Crippen molar-refractivity contribution < 1.29 is 28.7 Å². The number of nitrogens with one attached hydrogen (secondary N) is 1. The number of aryl methyl sites for hydroxylation is 1. The third-order valence-corrected chi connectivity index (χ3v) is 4.25. The van der Waals surface area contributed by atoms with Crippen molar-refractivity contribution in [3.05, 3.63) is 57.6 Å². The first-order chi connectivity index (χ1) is 14.2. The predicted molar refractivity (Wildman–Crippen MR) is 110 cm³/mol. The van der Waals surface area contributed by atoms with E-state index in [0.717, 1.165) is 5.56 Å². The normalized spacial score (nSPS) is 10.4. The number of para-hydroxylation sites is 1. The van der Waals surface area contributed by atoms with Gasteiger partial charge in [-0.2, -0.15) is 0 Å². The van der Waals surface area contributed by atoms with Crippen LogP contribution in [0.25, 0.3) is 0 Å². The third kappa shape index (κ3) is 5.94. The lowest BCUT2D eigenvalue weighted by molar-refractivity contribution is -0.385. The fraction of sp³-hybridized carbons (Fsp3) is 0.333. The largest absolute Gasteiger partial charge is 0.490 e. The van der Waals surface area contributed by atoms with Crippen molar-refractivity contribution in [2.75, 3.05) is 25.6 Å². The molecular weight excluding hydrogens is 392 g/mol. The number of carbonyl (C=O) groups excluding carboxylic acids is 2. The van der Waals surface area contributed by atoms with Gasteiger partial charge in [0.1, 0.15) is 5.75 Å². The molecule has 0 saturated carbocycles. The van der Waals surface area contributed by atoms with E-state index in [2.05, 4.69) is 5.32 Å². The highest BCUT2D eigenvalue weighted by Gasteiger charge is 2.19. The first kappa shape index (κ1) is 22.7. The summed E-state index contributed by atoms with van der Waals surface area (Å²) < 4.78 is 15.4. The zero-order chi connectivity index (χ0) is 22.3. The highest BCUT2D eigenvalue weighted by Crippen LogP contribution is 2.32. The van der Waals surface area contributed by atoms with Crippen LogP contribution in [-0.4, -0.2) is 37.1 Å². The maximum atomic E-state index is 12.1. The molecule has 0 fully saturated rings. The van der Waals surface area contributed by atoms with Crippen LogP contribution < -0.4 is 14.8 Å². The number of amides is 1. The highest BCUT2D eigenvalue weighted by molar-refractivity contribution is 5.94. The number of nitrogens with zero attached hydrogens (tertiary/aromatic N) is 1. The number of esters is 1. The molecule has 1 amide bonds. The molecule has 0 bridgehead atoms. The van der Waals surface area contributed by atoms with Gasteiger partial charge in [-0.3, -0.25) is 14.9 Å². The standard InChI is InChI=1S/C21H24N2O7/c1-13(2)15-7-5-6-8-18(15)29-12-21(25)30-11-20(24)22-16-10-19(28-4)17(23(26)27)9-14(16)3/h5-10,13H,11-12H2,1-4H3,(H,22,24). The maximum absolute atomic E-state index is 12.1. The highest BCUT2D eigenvalue weighted by atomic mass is 16.6. The van der Waals surface area contributed by atoms with Gasteiger partial charge in [-0.25, -0.2) is 4.79 Å². The minimum atomic E-state index is -0.693. The van der Waals surface area contributed by atoms with Gasteiger partial charge in [0.05, 0.1) is 12.0 Å². The van der Waals surface area contributed by atoms with Gasteiger partial charge in [0.2, 0.25) is 0 Å². The van der Waals surface area contributed by atoms with Gasteiger partial charge >= 0.3 is 11.7 Å². The number of nitro groups is 1. The summed E-state index contributed by atoms with van der Waals surface area (Å²) in [6.07, 6.45) is 0. The molecule has 1 N–H and O–H groups in total. The lowest BCUT2D eigenvalue weighted by atomic mass is 10.0.